The normalized spacial score (nSPS) is 10.5. The van der Waals surface area contributed by atoms with Crippen molar-refractivity contribution in [2.24, 2.45) is 7.05 Å². The van der Waals surface area contributed by atoms with Crippen LogP contribution in [0.4, 0.5) is 5.95 Å². The molecule has 0 unspecified atom stereocenters. The maximum Gasteiger partial charge on any atom is 0.224 e. The molecule has 0 spiro atoms. The molecule has 1 N–H and O–H groups in total. The van der Waals surface area contributed by atoms with E-state index >= 15 is 0 Å². The van der Waals surface area contributed by atoms with Gasteiger partial charge in [0, 0.05) is 17.7 Å². The van der Waals surface area contributed by atoms with E-state index in [0.29, 0.717) is 0 Å². The van der Waals surface area contributed by atoms with Crippen molar-refractivity contribution in [3.63, 3.8) is 0 Å². The zero-order valence-corrected chi connectivity index (χ0v) is 10.8. The summed E-state index contributed by atoms with van der Waals surface area (Å²) in [6.45, 7) is 0. The largest absolute Gasteiger partial charge is 0.357 e. The van der Waals surface area contributed by atoms with Crippen LogP contribution in [0.1, 0.15) is 0 Å². The van der Waals surface area contributed by atoms with Crippen molar-refractivity contribution in [2.75, 3.05) is 12.4 Å². The lowest BCUT2D eigenvalue weighted by Crippen LogP contribution is -1.99. The molecule has 2 heterocycles. The van der Waals surface area contributed by atoms with Crippen LogP contribution in [-0.4, -0.2) is 21.8 Å². The van der Waals surface area contributed by atoms with Crippen molar-refractivity contribution in [3.05, 3.63) is 15.0 Å². The number of thiophene rings is 1. The van der Waals surface area contributed by atoms with Crippen LogP contribution in [0.25, 0.3) is 10.7 Å². The maximum absolute atomic E-state index is 4.15. The SMILES string of the molecule is CNc1nnc(-c2sccc2I)n1C. The number of nitrogens with zero attached hydrogens (tertiary/aromatic N) is 3. The highest BCUT2D eigenvalue weighted by atomic mass is 127. The molecule has 4 nitrogen and oxygen atoms in total. The van der Waals surface area contributed by atoms with E-state index < -0.39 is 0 Å². The van der Waals surface area contributed by atoms with Crippen molar-refractivity contribution in [1.29, 1.82) is 0 Å². The van der Waals surface area contributed by atoms with Gasteiger partial charge in [0.2, 0.25) is 5.95 Å². The molecule has 2 rings (SSSR count). The van der Waals surface area contributed by atoms with Crippen LogP contribution < -0.4 is 5.32 Å². The Hall–Kier alpha value is -0.630. The Bertz CT molecular complexity index is 448. The quantitative estimate of drug-likeness (QED) is 0.863. The summed E-state index contributed by atoms with van der Waals surface area (Å²) < 4.78 is 3.17. The number of hydrogen-bond donors (Lipinski definition) is 1. The van der Waals surface area contributed by atoms with Crippen molar-refractivity contribution >= 4 is 39.9 Å². The molecule has 0 atom stereocenters. The summed E-state index contributed by atoms with van der Waals surface area (Å²) in [7, 11) is 3.80. The summed E-state index contributed by atoms with van der Waals surface area (Å²) in [4.78, 5) is 1.17. The van der Waals surface area contributed by atoms with Gasteiger partial charge in [0.15, 0.2) is 5.82 Å². The number of anilines is 1. The first-order chi connectivity index (χ1) is 6.74. The topological polar surface area (TPSA) is 42.7 Å². The maximum atomic E-state index is 4.15. The van der Waals surface area contributed by atoms with E-state index in [9.17, 15) is 0 Å². The average Bonchev–Trinajstić information content (AvgIpc) is 2.72. The Morgan fingerprint density at radius 2 is 2.29 bits per heavy atom. The van der Waals surface area contributed by atoms with E-state index in [1.165, 1.54) is 8.45 Å². The number of nitrogens with one attached hydrogen (secondary N) is 1. The second-order valence-corrected chi connectivity index (χ2v) is 4.83. The Labute approximate surface area is 99.5 Å². The lowest BCUT2D eigenvalue weighted by molar-refractivity contribution is 0.927. The molecule has 0 radical (unpaired) electrons. The van der Waals surface area contributed by atoms with Gasteiger partial charge < -0.3 is 5.32 Å². The number of aromatic nitrogens is 3. The van der Waals surface area contributed by atoms with Crippen LogP contribution >= 0.6 is 33.9 Å². The Morgan fingerprint density at radius 1 is 1.50 bits per heavy atom. The molecular formula is C8H9IN4S. The standard InChI is InChI=1S/C8H9IN4S/c1-10-8-12-11-7(13(8)2)6-5(9)3-4-14-6/h3-4H,1-2H3,(H,10,12). The summed E-state index contributed by atoms with van der Waals surface area (Å²) in [6.07, 6.45) is 0. The predicted octanol–water partition coefficient (Wildman–Crippen LogP) is 2.19. The average molecular weight is 320 g/mol. The Balaban J connectivity index is 2.52. The zero-order chi connectivity index (χ0) is 10.1. The molecule has 0 saturated heterocycles. The molecule has 2 aromatic heterocycles. The number of hydrogen-bond acceptors (Lipinski definition) is 4. The fraction of sp³-hybridized carbons (Fsp3) is 0.250. The highest BCUT2D eigenvalue weighted by molar-refractivity contribution is 14.1. The summed E-state index contributed by atoms with van der Waals surface area (Å²) in [6, 6.07) is 2.08. The van der Waals surface area contributed by atoms with Gasteiger partial charge in [-0.3, -0.25) is 4.57 Å². The fourth-order valence-electron chi connectivity index (χ4n) is 1.20. The van der Waals surface area contributed by atoms with Crippen LogP contribution in [0.2, 0.25) is 0 Å². The van der Waals surface area contributed by atoms with Crippen LogP contribution in [-0.2, 0) is 7.05 Å². The van der Waals surface area contributed by atoms with Crippen LogP contribution in [0.5, 0.6) is 0 Å². The Morgan fingerprint density at radius 3 is 2.79 bits per heavy atom. The second-order valence-electron chi connectivity index (χ2n) is 2.75. The Kier molecular flexibility index (Phi) is 2.73. The first-order valence-electron chi connectivity index (χ1n) is 4.04. The monoisotopic (exact) mass is 320 g/mol. The molecule has 14 heavy (non-hydrogen) atoms. The van der Waals surface area contributed by atoms with Gasteiger partial charge in [-0.15, -0.1) is 21.5 Å². The first-order valence-corrected chi connectivity index (χ1v) is 6.00. The van der Waals surface area contributed by atoms with Gasteiger partial charge in [0.25, 0.3) is 0 Å². The molecule has 0 fully saturated rings. The van der Waals surface area contributed by atoms with Gasteiger partial charge >= 0.3 is 0 Å². The summed E-state index contributed by atoms with van der Waals surface area (Å²) in [5.41, 5.74) is 0. The van der Waals surface area contributed by atoms with Gasteiger partial charge in [-0.2, -0.15) is 0 Å². The molecule has 0 saturated carbocycles. The predicted molar refractivity (Wildman–Crippen MR) is 66.6 cm³/mol. The number of rotatable bonds is 2. The van der Waals surface area contributed by atoms with E-state index in [1.54, 1.807) is 11.3 Å². The summed E-state index contributed by atoms with van der Waals surface area (Å²) >= 11 is 3.99. The highest BCUT2D eigenvalue weighted by Gasteiger charge is 2.13. The molecule has 0 aromatic carbocycles. The molecule has 0 aliphatic rings. The third-order valence-corrected chi connectivity index (χ3v) is 4.09. The molecule has 6 heteroatoms. The highest BCUT2D eigenvalue weighted by Crippen LogP contribution is 2.29. The smallest absolute Gasteiger partial charge is 0.224 e. The molecular weight excluding hydrogens is 311 g/mol. The number of halogens is 1. The third kappa shape index (κ3) is 1.52. The zero-order valence-electron chi connectivity index (χ0n) is 7.78. The van der Waals surface area contributed by atoms with Gasteiger partial charge in [0.05, 0.1) is 4.88 Å². The molecule has 0 amide bonds. The lowest BCUT2D eigenvalue weighted by atomic mass is 10.4. The molecule has 0 bridgehead atoms. The molecule has 0 aliphatic heterocycles. The lowest BCUT2D eigenvalue weighted by Gasteiger charge is -2.01. The van der Waals surface area contributed by atoms with Gasteiger partial charge in [0.1, 0.15) is 0 Å². The molecule has 0 aliphatic carbocycles. The van der Waals surface area contributed by atoms with Crippen LogP contribution in [0.3, 0.4) is 0 Å². The second kappa shape index (κ2) is 3.85. The van der Waals surface area contributed by atoms with Crippen LogP contribution in [0.15, 0.2) is 11.4 Å². The molecule has 74 valence electrons. The van der Waals surface area contributed by atoms with Crippen molar-refractivity contribution in [1.82, 2.24) is 14.8 Å². The van der Waals surface area contributed by atoms with Gasteiger partial charge in [-0.25, -0.2) is 0 Å². The van der Waals surface area contributed by atoms with E-state index in [-0.39, 0.29) is 0 Å². The van der Waals surface area contributed by atoms with Crippen molar-refractivity contribution in [2.45, 2.75) is 0 Å². The van der Waals surface area contributed by atoms with E-state index in [2.05, 4.69) is 49.6 Å². The van der Waals surface area contributed by atoms with Crippen LogP contribution in [0, 0.1) is 3.57 Å². The molecule has 2 aromatic rings. The van der Waals surface area contributed by atoms with E-state index in [1.807, 2.05) is 18.7 Å². The summed E-state index contributed by atoms with van der Waals surface area (Å²) in [5.74, 6) is 1.69. The van der Waals surface area contributed by atoms with Gasteiger partial charge in [-0.1, -0.05) is 0 Å². The van der Waals surface area contributed by atoms with Crippen molar-refractivity contribution < 1.29 is 0 Å². The fourth-order valence-corrected chi connectivity index (χ4v) is 3.05. The van der Waals surface area contributed by atoms with E-state index in [0.717, 1.165) is 11.8 Å². The van der Waals surface area contributed by atoms with Gasteiger partial charge in [-0.05, 0) is 34.0 Å². The minimum atomic E-state index is 0.782. The summed E-state index contributed by atoms with van der Waals surface area (Å²) in [5, 5.41) is 13.2. The third-order valence-electron chi connectivity index (χ3n) is 1.92. The first kappa shape index (κ1) is 9.91. The minimum Gasteiger partial charge on any atom is -0.357 e. The minimum absolute atomic E-state index is 0.782. The van der Waals surface area contributed by atoms with Crippen molar-refractivity contribution in [3.8, 4) is 10.7 Å². The van der Waals surface area contributed by atoms with E-state index in [4.69, 9.17) is 0 Å².